The van der Waals surface area contributed by atoms with Gasteiger partial charge in [-0.25, -0.2) is 0 Å². The first-order valence-corrected chi connectivity index (χ1v) is 6.49. The van der Waals surface area contributed by atoms with Gasteiger partial charge in [0.15, 0.2) is 0 Å². The first-order valence-electron chi connectivity index (χ1n) is 6.49. The molecule has 0 bridgehead atoms. The van der Waals surface area contributed by atoms with E-state index in [1.165, 1.54) is 12.8 Å². The van der Waals surface area contributed by atoms with Gasteiger partial charge in [-0.1, -0.05) is 13.8 Å². The van der Waals surface area contributed by atoms with Crippen LogP contribution < -0.4 is 5.32 Å². The molecule has 1 aliphatic rings. The highest BCUT2D eigenvalue weighted by Crippen LogP contribution is 2.29. The van der Waals surface area contributed by atoms with Crippen molar-refractivity contribution in [2.24, 2.45) is 0 Å². The number of likely N-dealkylation sites (N-methyl/N-ethyl adjacent to an activating group) is 1. The van der Waals surface area contributed by atoms with Crippen molar-refractivity contribution in [1.29, 1.82) is 0 Å². The zero-order valence-corrected chi connectivity index (χ0v) is 11.5. The van der Waals surface area contributed by atoms with Crippen molar-refractivity contribution in [2.75, 3.05) is 26.7 Å². The Morgan fingerprint density at radius 2 is 2.12 bits per heavy atom. The second-order valence-corrected chi connectivity index (χ2v) is 5.91. The van der Waals surface area contributed by atoms with Gasteiger partial charge in [0, 0.05) is 25.7 Å². The van der Waals surface area contributed by atoms with E-state index in [1.54, 1.807) is 0 Å². The maximum Gasteiger partial charge on any atom is 0.0710 e. The van der Waals surface area contributed by atoms with Gasteiger partial charge in [0.05, 0.1) is 11.7 Å². The smallest absolute Gasteiger partial charge is 0.0710 e. The summed E-state index contributed by atoms with van der Waals surface area (Å²) >= 11 is 0. The summed E-state index contributed by atoms with van der Waals surface area (Å²) in [4.78, 5) is 2.36. The number of nitrogens with one attached hydrogen (secondary N) is 1. The molecule has 3 heteroatoms. The normalized spacial score (nSPS) is 24.6. The van der Waals surface area contributed by atoms with E-state index in [0.29, 0.717) is 12.1 Å². The maximum absolute atomic E-state index is 5.98. The van der Waals surface area contributed by atoms with Gasteiger partial charge in [-0.3, -0.25) is 0 Å². The Kier molecular flexibility index (Phi) is 5.22. The van der Waals surface area contributed by atoms with Crippen molar-refractivity contribution in [3.8, 4) is 0 Å². The molecule has 0 aromatic heterocycles. The average Bonchev–Trinajstić information content (AvgIpc) is 2.44. The Labute approximate surface area is 101 Å². The van der Waals surface area contributed by atoms with Crippen LogP contribution in [0.25, 0.3) is 0 Å². The van der Waals surface area contributed by atoms with Gasteiger partial charge in [-0.15, -0.1) is 0 Å². The van der Waals surface area contributed by atoms with Gasteiger partial charge in [-0.2, -0.15) is 0 Å². The molecular weight excluding hydrogens is 200 g/mol. The van der Waals surface area contributed by atoms with E-state index in [2.05, 4.69) is 45.0 Å². The van der Waals surface area contributed by atoms with Crippen LogP contribution in [-0.4, -0.2) is 49.3 Å². The molecular formula is C13H28N2O. The average molecular weight is 228 g/mol. The zero-order chi connectivity index (χ0) is 12.2. The van der Waals surface area contributed by atoms with Gasteiger partial charge in [-0.05, 0) is 33.7 Å². The summed E-state index contributed by atoms with van der Waals surface area (Å²) in [5.41, 5.74) is 0.0989. The third kappa shape index (κ3) is 5.28. The molecule has 0 aromatic carbocycles. The molecule has 0 spiro atoms. The molecule has 1 rings (SSSR count). The predicted octanol–water partition coefficient (Wildman–Crippen LogP) is 1.87. The highest BCUT2D eigenvalue weighted by molar-refractivity contribution is 4.82. The van der Waals surface area contributed by atoms with E-state index in [4.69, 9.17) is 4.74 Å². The van der Waals surface area contributed by atoms with Crippen LogP contribution in [0.4, 0.5) is 0 Å². The lowest BCUT2D eigenvalue weighted by molar-refractivity contribution is -0.0258. The molecule has 1 aliphatic heterocycles. The molecule has 0 aromatic rings. The van der Waals surface area contributed by atoms with Crippen molar-refractivity contribution in [1.82, 2.24) is 10.2 Å². The highest BCUT2D eigenvalue weighted by Gasteiger charge is 2.31. The van der Waals surface area contributed by atoms with Gasteiger partial charge < -0.3 is 15.0 Å². The van der Waals surface area contributed by atoms with Crippen LogP contribution in [0.5, 0.6) is 0 Å². The lowest BCUT2D eigenvalue weighted by Crippen LogP contribution is -2.37. The molecule has 96 valence electrons. The van der Waals surface area contributed by atoms with Crippen LogP contribution in [0.3, 0.4) is 0 Å². The molecule has 0 aliphatic carbocycles. The van der Waals surface area contributed by atoms with Crippen LogP contribution in [0, 0.1) is 0 Å². The Bertz CT molecular complexity index is 204. The molecule has 0 saturated carbocycles. The molecule has 1 fully saturated rings. The Morgan fingerprint density at radius 3 is 2.62 bits per heavy atom. The highest BCUT2D eigenvalue weighted by atomic mass is 16.5. The van der Waals surface area contributed by atoms with Gasteiger partial charge in [0.1, 0.15) is 0 Å². The molecule has 1 N–H and O–H groups in total. The summed E-state index contributed by atoms with van der Waals surface area (Å²) in [6.07, 6.45) is 2.82. The minimum Gasteiger partial charge on any atom is -0.371 e. The summed E-state index contributed by atoms with van der Waals surface area (Å²) < 4.78 is 5.98. The van der Waals surface area contributed by atoms with E-state index in [0.717, 1.165) is 19.6 Å². The quantitative estimate of drug-likeness (QED) is 0.751. The van der Waals surface area contributed by atoms with Gasteiger partial charge in [0.25, 0.3) is 0 Å². The third-order valence-electron chi connectivity index (χ3n) is 3.12. The third-order valence-corrected chi connectivity index (χ3v) is 3.12. The van der Waals surface area contributed by atoms with E-state index in [1.807, 2.05) is 0 Å². The minimum absolute atomic E-state index is 0.0989. The minimum atomic E-state index is 0.0989. The van der Waals surface area contributed by atoms with E-state index >= 15 is 0 Å². The van der Waals surface area contributed by atoms with Gasteiger partial charge >= 0.3 is 0 Å². The van der Waals surface area contributed by atoms with Crippen LogP contribution in [0.2, 0.25) is 0 Å². The Hall–Kier alpha value is -0.120. The van der Waals surface area contributed by atoms with E-state index in [-0.39, 0.29) is 5.60 Å². The summed E-state index contributed by atoms with van der Waals surface area (Å²) in [5, 5.41) is 3.44. The fourth-order valence-corrected chi connectivity index (χ4v) is 2.19. The number of rotatable bonds is 6. The number of hydrogen-bond donors (Lipinski definition) is 1. The number of hydrogen-bond acceptors (Lipinski definition) is 3. The van der Waals surface area contributed by atoms with Crippen molar-refractivity contribution in [3.63, 3.8) is 0 Å². The Balaban J connectivity index is 2.13. The molecule has 16 heavy (non-hydrogen) atoms. The zero-order valence-electron chi connectivity index (χ0n) is 11.5. The lowest BCUT2D eigenvalue weighted by Gasteiger charge is -2.24. The van der Waals surface area contributed by atoms with Crippen molar-refractivity contribution < 1.29 is 4.74 Å². The predicted molar refractivity (Wildman–Crippen MR) is 68.8 cm³/mol. The SMILES string of the molecule is CC(C)NCCN(C)CC1CCC(C)(C)O1. The van der Waals surface area contributed by atoms with Gasteiger partial charge in [0.2, 0.25) is 0 Å². The van der Waals surface area contributed by atoms with E-state index < -0.39 is 0 Å². The fraction of sp³-hybridized carbons (Fsp3) is 1.00. The second-order valence-electron chi connectivity index (χ2n) is 5.91. The van der Waals surface area contributed by atoms with Crippen LogP contribution >= 0.6 is 0 Å². The molecule has 1 heterocycles. The van der Waals surface area contributed by atoms with Crippen LogP contribution in [0.1, 0.15) is 40.5 Å². The maximum atomic E-state index is 5.98. The molecule has 1 atom stereocenters. The lowest BCUT2D eigenvalue weighted by atomic mass is 10.1. The van der Waals surface area contributed by atoms with E-state index in [9.17, 15) is 0 Å². The molecule has 1 saturated heterocycles. The largest absolute Gasteiger partial charge is 0.371 e. The fourth-order valence-electron chi connectivity index (χ4n) is 2.19. The second kappa shape index (κ2) is 5.99. The van der Waals surface area contributed by atoms with Crippen LogP contribution in [0.15, 0.2) is 0 Å². The first kappa shape index (κ1) is 13.9. The molecule has 0 radical (unpaired) electrons. The summed E-state index contributed by atoms with van der Waals surface area (Å²) in [6, 6.07) is 0.579. The summed E-state index contributed by atoms with van der Waals surface area (Å²) in [5.74, 6) is 0. The van der Waals surface area contributed by atoms with Crippen LogP contribution in [-0.2, 0) is 4.74 Å². The van der Waals surface area contributed by atoms with Crippen molar-refractivity contribution in [3.05, 3.63) is 0 Å². The standard InChI is InChI=1S/C13H28N2O/c1-11(2)14-8-9-15(5)10-12-6-7-13(3,4)16-12/h11-12,14H,6-10H2,1-5H3. The number of nitrogens with zero attached hydrogens (tertiary/aromatic N) is 1. The Morgan fingerprint density at radius 1 is 1.44 bits per heavy atom. The topological polar surface area (TPSA) is 24.5 Å². The first-order chi connectivity index (χ1) is 7.39. The monoisotopic (exact) mass is 228 g/mol. The summed E-state index contributed by atoms with van der Waals surface area (Å²) in [7, 11) is 2.18. The number of ether oxygens (including phenoxy) is 1. The molecule has 0 amide bonds. The summed E-state index contributed by atoms with van der Waals surface area (Å²) in [6.45, 7) is 12.0. The van der Waals surface area contributed by atoms with Crippen molar-refractivity contribution in [2.45, 2.75) is 58.3 Å². The van der Waals surface area contributed by atoms with Crippen molar-refractivity contribution >= 4 is 0 Å². The molecule has 3 nitrogen and oxygen atoms in total. The molecule has 1 unspecified atom stereocenters.